The maximum Gasteiger partial charge on any atom is 0.136 e. The van der Waals surface area contributed by atoms with E-state index in [-0.39, 0.29) is 0 Å². The van der Waals surface area contributed by atoms with E-state index in [1.165, 1.54) is 0 Å². The number of fused-ring (bicyclic) bond motifs is 5. The Hall–Kier alpha value is -0.410. The second kappa shape index (κ2) is 1.67. The van der Waals surface area contributed by atoms with E-state index in [2.05, 4.69) is 11.9 Å². The first kappa shape index (κ1) is 6.14. The number of ether oxygens (including phenoxy) is 1. The number of Topliss-reactive ketones (excluding diaryl/α,β-unsaturated/α-hetero) is 1. The largest absolute Gasteiger partial charge is 0.366 e. The number of rotatable bonds is 0. The number of carbonyl (C=O) groups is 1. The predicted molar refractivity (Wildman–Crippen MR) is 38.2 cm³/mol. The fourth-order valence-electron chi connectivity index (χ4n) is 2.53. The first-order chi connectivity index (χ1) is 5.27. The van der Waals surface area contributed by atoms with Crippen LogP contribution in [0.4, 0.5) is 0 Å². The van der Waals surface area contributed by atoms with Crippen LogP contribution in [0.15, 0.2) is 0 Å². The normalized spacial score (nSPS) is 54.5. The summed E-state index contributed by atoms with van der Waals surface area (Å²) in [6, 6.07) is 0.817. The first-order valence-corrected chi connectivity index (χ1v) is 4.16. The Morgan fingerprint density at radius 3 is 2.45 bits per heavy atom. The van der Waals surface area contributed by atoms with Gasteiger partial charge in [0.15, 0.2) is 0 Å². The molecule has 0 spiro atoms. The van der Waals surface area contributed by atoms with Crippen molar-refractivity contribution < 1.29 is 9.53 Å². The van der Waals surface area contributed by atoms with E-state index < -0.39 is 0 Å². The third kappa shape index (κ3) is 0.631. The molecule has 3 fully saturated rings. The zero-order valence-corrected chi connectivity index (χ0v) is 6.49. The standard InChI is InChI=1S/C8H11NO2/c1-9-5-2-4(10)3-6(9)8-7(5)11-8/h5-8H,2-3H2,1H3. The minimum Gasteiger partial charge on any atom is -0.366 e. The Labute approximate surface area is 65.3 Å². The zero-order valence-electron chi connectivity index (χ0n) is 6.49. The van der Waals surface area contributed by atoms with Gasteiger partial charge < -0.3 is 4.74 Å². The average Bonchev–Trinajstić information content (AvgIpc) is 2.66. The van der Waals surface area contributed by atoms with Gasteiger partial charge in [-0.05, 0) is 7.05 Å². The number of ketones is 1. The van der Waals surface area contributed by atoms with Crippen molar-refractivity contribution in [2.45, 2.75) is 37.1 Å². The Kier molecular flexibility index (Phi) is 0.932. The molecule has 11 heavy (non-hydrogen) atoms. The SMILES string of the molecule is CN1C2CC(=O)CC1C1OC12. The highest BCUT2D eigenvalue weighted by molar-refractivity contribution is 5.81. The summed E-state index contributed by atoms with van der Waals surface area (Å²) in [4.78, 5) is 13.5. The van der Waals surface area contributed by atoms with Gasteiger partial charge in [0.1, 0.15) is 18.0 Å². The van der Waals surface area contributed by atoms with Gasteiger partial charge in [0.2, 0.25) is 0 Å². The van der Waals surface area contributed by atoms with Gasteiger partial charge in [-0.2, -0.15) is 0 Å². The quantitative estimate of drug-likeness (QED) is 0.452. The molecule has 3 nitrogen and oxygen atoms in total. The molecule has 0 amide bonds. The van der Waals surface area contributed by atoms with E-state index in [1.54, 1.807) is 0 Å². The second-order valence-electron chi connectivity index (χ2n) is 3.81. The van der Waals surface area contributed by atoms with E-state index in [0.717, 1.165) is 0 Å². The number of carbonyl (C=O) groups excluding carboxylic acids is 1. The zero-order chi connectivity index (χ0) is 7.59. The third-order valence-electron chi connectivity index (χ3n) is 3.24. The number of hydrogen-bond acceptors (Lipinski definition) is 3. The summed E-state index contributed by atoms with van der Waals surface area (Å²) in [5, 5.41) is 0. The molecule has 3 saturated heterocycles. The maximum absolute atomic E-state index is 11.2. The van der Waals surface area contributed by atoms with E-state index in [4.69, 9.17) is 4.74 Å². The molecule has 3 heterocycles. The van der Waals surface area contributed by atoms with Crippen LogP contribution < -0.4 is 0 Å². The molecule has 0 aliphatic carbocycles. The Bertz CT molecular complexity index is 208. The molecule has 0 aromatic carbocycles. The first-order valence-electron chi connectivity index (χ1n) is 4.16. The summed E-state index contributed by atoms with van der Waals surface area (Å²) in [6.45, 7) is 0. The number of nitrogens with zero attached hydrogens (tertiary/aromatic N) is 1. The lowest BCUT2D eigenvalue weighted by atomic mass is 10.0. The highest BCUT2D eigenvalue weighted by atomic mass is 16.6. The van der Waals surface area contributed by atoms with Crippen molar-refractivity contribution in [2.75, 3.05) is 7.05 Å². The maximum atomic E-state index is 11.2. The molecule has 0 N–H and O–H groups in total. The van der Waals surface area contributed by atoms with Crippen molar-refractivity contribution in [1.82, 2.24) is 4.90 Å². The molecule has 4 atom stereocenters. The van der Waals surface area contributed by atoms with Crippen LogP contribution in [0.25, 0.3) is 0 Å². The van der Waals surface area contributed by atoms with Crippen LogP contribution in [0.3, 0.4) is 0 Å². The van der Waals surface area contributed by atoms with Gasteiger partial charge in [0, 0.05) is 24.9 Å². The van der Waals surface area contributed by atoms with Gasteiger partial charge >= 0.3 is 0 Å². The molecule has 0 aromatic heterocycles. The lowest BCUT2D eigenvalue weighted by Gasteiger charge is -2.32. The highest BCUT2D eigenvalue weighted by Crippen LogP contribution is 2.46. The summed E-state index contributed by atoms with van der Waals surface area (Å²) < 4.78 is 5.44. The van der Waals surface area contributed by atoms with E-state index in [9.17, 15) is 4.79 Å². The summed E-state index contributed by atoms with van der Waals surface area (Å²) in [7, 11) is 2.11. The number of epoxide rings is 1. The van der Waals surface area contributed by atoms with Gasteiger partial charge in [-0.25, -0.2) is 0 Å². The van der Waals surface area contributed by atoms with Crippen LogP contribution in [0.1, 0.15) is 12.8 Å². The predicted octanol–water partition coefficient (Wildman–Crippen LogP) is -0.201. The van der Waals surface area contributed by atoms with Crippen molar-refractivity contribution in [3.63, 3.8) is 0 Å². The minimum atomic E-state index is 0.399. The molecule has 60 valence electrons. The minimum absolute atomic E-state index is 0.399. The molecule has 0 radical (unpaired) electrons. The second-order valence-corrected chi connectivity index (χ2v) is 3.81. The van der Waals surface area contributed by atoms with Crippen molar-refractivity contribution in [3.05, 3.63) is 0 Å². The molecule has 2 bridgehead atoms. The molecular formula is C8H11NO2. The fourth-order valence-corrected chi connectivity index (χ4v) is 2.53. The average molecular weight is 153 g/mol. The topological polar surface area (TPSA) is 32.8 Å². The van der Waals surface area contributed by atoms with Crippen molar-refractivity contribution in [3.8, 4) is 0 Å². The van der Waals surface area contributed by atoms with Crippen molar-refractivity contribution in [1.29, 1.82) is 0 Å². The van der Waals surface area contributed by atoms with Gasteiger partial charge in [0.05, 0.1) is 0 Å². The van der Waals surface area contributed by atoms with E-state index in [0.29, 0.717) is 42.9 Å². The van der Waals surface area contributed by atoms with Crippen LogP contribution in [-0.4, -0.2) is 42.0 Å². The number of hydrogen-bond donors (Lipinski definition) is 0. The van der Waals surface area contributed by atoms with Crippen molar-refractivity contribution in [2.24, 2.45) is 0 Å². The van der Waals surface area contributed by atoms with Gasteiger partial charge in [-0.3, -0.25) is 9.69 Å². The summed E-state index contributed by atoms with van der Waals surface area (Å²) in [6.07, 6.45) is 2.23. The molecule has 0 saturated carbocycles. The summed E-state index contributed by atoms with van der Waals surface area (Å²) >= 11 is 0. The lowest BCUT2D eigenvalue weighted by Crippen LogP contribution is -2.45. The van der Waals surface area contributed by atoms with Crippen LogP contribution in [-0.2, 0) is 9.53 Å². The molecular weight excluding hydrogens is 142 g/mol. The molecule has 0 aromatic rings. The summed E-state index contributed by atoms with van der Waals surface area (Å²) in [5.74, 6) is 0.425. The fraction of sp³-hybridized carbons (Fsp3) is 0.875. The molecule has 3 aliphatic rings. The Balaban J connectivity index is 1.95. The molecule has 3 rings (SSSR count). The third-order valence-corrected chi connectivity index (χ3v) is 3.24. The molecule has 3 aliphatic heterocycles. The van der Waals surface area contributed by atoms with Crippen LogP contribution in [0.5, 0.6) is 0 Å². The smallest absolute Gasteiger partial charge is 0.136 e. The number of piperidine rings is 1. The number of likely N-dealkylation sites (N-methyl/N-ethyl adjacent to an activating group) is 1. The van der Waals surface area contributed by atoms with Gasteiger partial charge in [0.25, 0.3) is 0 Å². The van der Waals surface area contributed by atoms with Crippen molar-refractivity contribution >= 4 is 5.78 Å². The summed E-state index contributed by atoms with van der Waals surface area (Å²) in [5.41, 5.74) is 0. The van der Waals surface area contributed by atoms with Crippen LogP contribution >= 0.6 is 0 Å². The van der Waals surface area contributed by atoms with Crippen LogP contribution in [0.2, 0.25) is 0 Å². The van der Waals surface area contributed by atoms with Crippen LogP contribution in [0, 0.1) is 0 Å². The Morgan fingerprint density at radius 1 is 1.36 bits per heavy atom. The molecule has 4 unspecified atom stereocenters. The monoisotopic (exact) mass is 153 g/mol. The Morgan fingerprint density at radius 2 is 1.91 bits per heavy atom. The molecule has 3 heteroatoms. The van der Waals surface area contributed by atoms with E-state index >= 15 is 0 Å². The lowest BCUT2D eigenvalue weighted by molar-refractivity contribution is -0.125. The van der Waals surface area contributed by atoms with Gasteiger partial charge in [-0.15, -0.1) is 0 Å². The van der Waals surface area contributed by atoms with Gasteiger partial charge in [-0.1, -0.05) is 0 Å². The van der Waals surface area contributed by atoms with E-state index in [1.807, 2.05) is 0 Å². The number of morpholine rings is 1. The highest BCUT2D eigenvalue weighted by Gasteiger charge is 2.62.